The average molecular weight is 267 g/mol. The van der Waals surface area contributed by atoms with Gasteiger partial charge in [-0.3, -0.25) is 0 Å². The first-order chi connectivity index (χ1) is 9.24. The van der Waals surface area contributed by atoms with Crippen LogP contribution in [-0.4, -0.2) is 39.6 Å². The van der Waals surface area contributed by atoms with Gasteiger partial charge >= 0.3 is 0 Å². The lowest BCUT2D eigenvalue weighted by molar-refractivity contribution is 0.0463. The van der Waals surface area contributed by atoms with E-state index in [4.69, 9.17) is 19.9 Å². The fourth-order valence-corrected chi connectivity index (χ4v) is 1.71. The van der Waals surface area contributed by atoms with Gasteiger partial charge in [-0.05, 0) is 25.5 Å². The van der Waals surface area contributed by atoms with Crippen molar-refractivity contribution < 1.29 is 14.2 Å². The molecule has 0 spiro atoms. The van der Waals surface area contributed by atoms with Gasteiger partial charge in [-0.25, -0.2) is 0 Å². The highest BCUT2D eigenvalue weighted by Crippen LogP contribution is 2.18. The summed E-state index contributed by atoms with van der Waals surface area (Å²) in [6.45, 7) is 7.89. The van der Waals surface area contributed by atoms with Gasteiger partial charge in [0.1, 0.15) is 5.75 Å². The van der Waals surface area contributed by atoms with E-state index in [0.29, 0.717) is 39.6 Å². The first-order valence-electron chi connectivity index (χ1n) is 6.79. The Balaban J connectivity index is 2.01. The van der Waals surface area contributed by atoms with Crippen LogP contribution in [0.25, 0.3) is 0 Å². The van der Waals surface area contributed by atoms with Gasteiger partial charge in [0.2, 0.25) is 0 Å². The fourth-order valence-electron chi connectivity index (χ4n) is 1.71. The molecule has 0 amide bonds. The van der Waals surface area contributed by atoms with Crippen molar-refractivity contribution in [3.8, 4) is 5.75 Å². The summed E-state index contributed by atoms with van der Waals surface area (Å²) in [6, 6.07) is 6.21. The zero-order valence-corrected chi connectivity index (χ0v) is 12.0. The van der Waals surface area contributed by atoms with Crippen LogP contribution in [0.5, 0.6) is 5.75 Å². The topological polar surface area (TPSA) is 53.7 Å². The van der Waals surface area contributed by atoms with Gasteiger partial charge in [0.25, 0.3) is 0 Å². The molecule has 0 atom stereocenters. The lowest BCUT2D eigenvalue weighted by Crippen LogP contribution is -2.13. The van der Waals surface area contributed by atoms with E-state index in [1.807, 2.05) is 6.07 Å². The van der Waals surface area contributed by atoms with Crippen LogP contribution < -0.4 is 10.5 Å². The lowest BCUT2D eigenvalue weighted by Gasteiger charge is -2.10. The van der Waals surface area contributed by atoms with Crippen molar-refractivity contribution in [3.63, 3.8) is 0 Å². The third-order valence-electron chi connectivity index (χ3n) is 2.66. The SMILES string of the molecule is Cc1ccc(OCCCOCCOCCN)c(C)c1. The third-order valence-corrected chi connectivity index (χ3v) is 2.66. The molecule has 0 heterocycles. The summed E-state index contributed by atoms with van der Waals surface area (Å²) in [7, 11) is 0. The molecule has 2 N–H and O–H groups in total. The lowest BCUT2D eigenvalue weighted by atomic mass is 10.1. The van der Waals surface area contributed by atoms with Gasteiger partial charge in [0.15, 0.2) is 0 Å². The van der Waals surface area contributed by atoms with Crippen LogP contribution >= 0.6 is 0 Å². The predicted molar refractivity (Wildman–Crippen MR) is 76.7 cm³/mol. The summed E-state index contributed by atoms with van der Waals surface area (Å²) in [5, 5.41) is 0. The Morgan fingerprint density at radius 1 is 0.947 bits per heavy atom. The number of aryl methyl sites for hydroxylation is 2. The van der Waals surface area contributed by atoms with Crippen LogP contribution in [0.4, 0.5) is 0 Å². The summed E-state index contributed by atoms with van der Waals surface area (Å²) >= 11 is 0. The molecule has 0 unspecified atom stereocenters. The van der Waals surface area contributed by atoms with Gasteiger partial charge < -0.3 is 19.9 Å². The van der Waals surface area contributed by atoms with Crippen LogP contribution in [0.2, 0.25) is 0 Å². The second-order valence-corrected chi connectivity index (χ2v) is 4.48. The molecule has 0 saturated carbocycles. The highest BCUT2D eigenvalue weighted by Gasteiger charge is 1.99. The maximum absolute atomic E-state index is 5.71. The van der Waals surface area contributed by atoms with Crippen molar-refractivity contribution in [1.29, 1.82) is 0 Å². The Kier molecular flexibility index (Phi) is 8.21. The molecule has 0 fully saturated rings. The Morgan fingerprint density at radius 2 is 1.68 bits per heavy atom. The average Bonchev–Trinajstić information content (AvgIpc) is 2.39. The largest absolute Gasteiger partial charge is 0.493 e. The molecule has 108 valence electrons. The van der Waals surface area contributed by atoms with E-state index >= 15 is 0 Å². The molecule has 0 bridgehead atoms. The van der Waals surface area contributed by atoms with Gasteiger partial charge in [-0.1, -0.05) is 17.7 Å². The number of nitrogens with two attached hydrogens (primary N) is 1. The zero-order valence-electron chi connectivity index (χ0n) is 12.0. The minimum atomic E-state index is 0.559. The standard InChI is InChI=1S/C15H25NO3/c1-13-4-5-15(14(2)12-13)19-8-3-7-17-10-11-18-9-6-16/h4-5,12H,3,6-11,16H2,1-2H3. The molecular formula is C15H25NO3. The van der Waals surface area contributed by atoms with E-state index in [-0.39, 0.29) is 0 Å². The molecule has 1 aromatic carbocycles. The predicted octanol–water partition coefficient (Wildman–Crippen LogP) is 2.06. The molecule has 1 rings (SSSR count). The number of hydrogen-bond donors (Lipinski definition) is 1. The quantitative estimate of drug-likeness (QED) is 0.659. The molecule has 4 heteroatoms. The summed E-state index contributed by atoms with van der Waals surface area (Å²) in [4.78, 5) is 0. The normalized spacial score (nSPS) is 10.7. The van der Waals surface area contributed by atoms with Crippen LogP contribution in [0.3, 0.4) is 0 Å². The minimum absolute atomic E-state index is 0.559. The Hall–Kier alpha value is -1.10. The van der Waals surface area contributed by atoms with Gasteiger partial charge in [-0.2, -0.15) is 0 Å². The second-order valence-electron chi connectivity index (χ2n) is 4.48. The molecule has 0 aliphatic carbocycles. The van der Waals surface area contributed by atoms with Gasteiger partial charge in [-0.15, -0.1) is 0 Å². The van der Waals surface area contributed by atoms with E-state index in [9.17, 15) is 0 Å². The first kappa shape index (κ1) is 16.0. The Bertz CT molecular complexity index is 355. The van der Waals surface area contributed by atoms with E-state index in [1.165, 1.54) is 11.1 Å². The number of ether oxygens (including phenoxy) is 3. The Labute approximate surface area is 115 Å². The summed E-state index contributed by atoms with van der Waals surface area (Å²) in [5.41, 5.74) is 7.74. The summed E-state index contributed by atoms with van der Waals surface area (Å²) in [6.07, 6.45) is 0.879. The van der Waals surface area contributed by atoms with Crippen LogP contribution in [0.1, 0.15) is 17.5 Å². The van der Waals surface area contributed by atoms with Crippen molar-refractivity contribution in [2.75, 3.05) is 39.6 Å². The molecular weight excluding hydrogens is 242 g/mol. The maximum Gasteiger partial charge on any atom is 0.122 e. The highest BCUT2D eigenvalue weighted by atomic mass is 16.5. The van der Waals surface area contributed by atoms with E-state index in [0.717, 1.165) is 12.2 Å². The number of rotatable bonds is 10. The maximum atomic E-state index is 5.71. The molecule has 0 aliphatic rings. The van der Waals surface area contributed by atoms with Gasteiger partial charge in [0.05, 0.1) is 26.4 Å². The van der Waals surface area contributed by atoms with E-state index in [2.05, 4.69) is 26.0 Å². The van der Waals surface area contributed by atoms with Crippen molar-refractivity contribution in [3.05, 3.63) is 29.3 Å². The molecule has 4 nitrogen and oxygen atoms in total. The number of benzene rings is 1. The molecule has 0 aliphatic heterocycles. The van der Waals surface area contributed by atoms with Crippen molar-refractivity contribution in [1.82, 2.24) is 0 Å². The fraction of sp³-hybridized carbons (Fsp3) is 0.600. The molecule has 0 saturated heterocycles. The molecule has 1 aromatic rings. The number of hydrogen-bond acceptors (Lipinski definition) is 4. The monoisotopic (exact) mass is 267 g/mol. The van der Waals surface area contributed by atoms with Crippen molar-refractivity contribution in [2.24, 2.45) is 5.73 Å². The van der Waals surface area contributed by atoms with Gasteiger partial charge in [0, 0.05) is 19.6 Å². The molecule has 19 heavy (non-hydrogen) atoms. The smallest absolute Gasteiger partial charge is 0.122 e. The van der Waals surface area contributed by atoms with E-state index < -0.39 is 0 Å². The highest BCUT2D eigenvalue weighted by molar-refractivity contribution is 5.35. The van der Waals surface area contributed by atoms with Crippen LogP contribution in [0, 0.1) is 13.8 Å². The van der Waals surface area contributed by atoms with Crippen molar-refractivity contribution in [2.45, 2.75) is 20.3 Å². The molecule has 0 aromatic heterocycles. The zero-order chi connectivity index (χ0) is 13.9. The minimum Gasteiger partial charge on any atom is -0.493 e. The second kappa shape index (κ2) is 9.78. The third kappa shape index (κ3) is 7.15. The summed E-state index contributed by atoms with van der Waals surface area (Å²) < 4.78 is 16.3. The van der Waals surface area contributed by atoms with Crippen LogP contribution in [-0.2, 0) is 9.47 Å². The first-order valence-corrected chi connectivity index (χ1v) is 6.79. The summed E-state index contributed by atoms with van der Waals surface area (Å²) in [5.74, 6) is 0.955. The Morgan fingerprint density at radius 3 is 2.37 bits per heavy atom. The van der Waals surface area contributed by atoms with E-state index in [1.54, 1.807) is 0 Å². The van der Waals surface area contributed by atoms with Crippen LogP contribution in [0.15, 0.2) is 18.2 Å². The van der Waals surface area contributed by atoms with Crippen molar-refractivity contribution >= 4 is 0 Å². The molecule has 0 radical (unpaired) electrons.